The second-order valence-corrected chi connectivity index (χ2v) is 7.67. The summed E-state index contributed by atoms with van der Waals surface area (Å²) in [5.41, 5.74) is 1.39. The first-order chi connectivity index (χ1) is 9.72. The van der Waals surface area contributed by atoms with Crippen molar-refractivity contribution in [2.45, 2.75) is 64.0 Å². The van der Waals surface area contributed by atoms with Crippen LogP contribution in [-0.2, 0) is 0 Å². The standard InChI is InChI=1S/C18H26BrN/c1-13(15-7-4-8-17(19)11-15)20-18-10-9-14-5-2-3-6-16(14)12-18/h4,7-8,11,13-14,16,18,20H,2-3,5-6,9-10,12H2,1H3/t13-,14?,16?,18?/m1/s1. The minimum absolute atomic E-state index is 0.456. The molecule has 2 aliphatic rings. The van der Waals surface area contributed by atoms with Crippen molar-refractivity contribution < 1.29 is 0 Å². The first-order valence-corrected chi connectivity index (χ1v) is 9.03. The second-order valence-electron chi connectivity index (χ2n) is 6.76. The van der Waals surface area contributed by atoms with Gasteiger partial charge in [0.05, 0.1) is 0 Å². The quantitative estimate of drug-likeness (QED) is 0.773. The van der Waals surface area contributed by atoms with Gasteiger partial charge in [-0.1, -0.05) is 53.7 Å². The van der Waals surface area contributed by atoms with Gasteiger partial charge in [-0.25, -0.2) is 0 Å². The van der Waals surface area contributed by atoms with Crippen molar-refractivity contribution in [2.75, 3.05) is 0 Å². The summed E-state index contributed by atoms with van der Waals surface area (Å²) in [6, 6.07) is 9.89. The van der Waals surface area contributed by atoms with Gasteiger partial charge in [0.25, 0.3) is 0 Å². The fourth-order valence-corrected chi connectivity index (χ4v) is 4.67. The smallest absolute Gasteiger partial charge is 0.0294 e. The Labute approximate surface area is 131 Å². The highest BCUT2D eigenvalue weighted by Crippen LogP contribution is 2.40. The molecule has 0 bridgehead atoms. The maximum atomic E-state index is 3.87. The van der Waals surface area contributed by atoms with Gasteiger partial charge in [0.2, 0.25) is 0 Å². The molecule has 0 heterocycles. The normalized spacial score (nSPS) is 31.6. The van der Waals surface area contributed by atoms with Crippen molar-refractivity contribution in [3.63, 3.8) is 0 Å². The third kappa shape index (κ3) is 3.46. The Hall–Kier alpha value is -0.340. The number of halogens is 1. The SMILES string of the molecule is C[C@@H](NC1CCC2CCCCC2C1)c1cccc(Br)c1. The lowest BCUT2D eigenvalue weighted by Crippen LogP contribution is -2.39. The lowest BCUT2D eigenvalue weighted by molar-refractivity contribution is 0.139. The van der Waals surface area contributed by atoms with Gasteiger partial charge >= 0.3 is 0 Å². The van der Waals surface area contributed by atoms with Crippen LogP contribution in [0.3, 0.4) is 0 Å². The van der Waals surface area contributed by atoms with Gasteiger partial charge in [-0.05, 0) is 55.7 Å². The summed E-state index contributed by atoms with van der Waals surface area (Å²) >= 11 is 3.57. The third-order valence-corrected chi connectivity index (χ3v) is 5.87. The van der Waals surface area contributed by atoms with Crippen LogP contribution in [0.2, 0.25) is 0 Å². The van der Waals surface area contributed by atoms with E-state index in [9.17, 15) is 0 Å². The Morgan fingerprint density at radius 1 is 1.10 bits per heavy atom. The molecule has 0 aliphatic heterocycles. The Morgan fingerprint density at radius 3 is 2.70 bits per heavy atom. The van der Waals surface area contributed by atoms with E-state index in [1.807, 2.05) is 0 Å². The molecule has 1 aromatic rings. The van der Waals surface area contributed by atoms with E-state index < -0.39 is 0 Å². The molecule has 1 nitrogen and oxygen atoms in total. The van der Waals surface area contributed by atoms with Gasteiger partial charge < -0.3 is 5.32 Å². The van der Waals surface area contributed by atoms with Crippen molar-refractivity contribution in [3.05, 3.63) is 34.3 Å². The van der Waals surface area contributed by atoms with E-state index in [1.165, 1.54) is 55.0 Å². The molecular formula is C18H26BrN. The van der Waals surface area contributed by atoms with Crippen LogP contribution in [0, 0.1) is 11.8 Å². The number of nitrogens with one attached hydrogen (secondary N) is 1. The van der Waals surface area contributed by atoms with E-state index in [1.54, 1.807) is 0 Å². The molecule has 1 aromatic carbocycles. The van der Waals surface area contributed by atoms with Gasteiger partial charge in [-0.3, -0.25) is 0 Å². The maximum absolute atomic E-state index is 3.87. The van der Waals surface area contributed by atoms with Crippen LogP contribution in [0.1, 0.15) is 63.5 Å². The van der Waals surface area contributed by atoms with Crippen LogP contribution in [0.5, 0.6) is 0 Å². The largest absolute Gasteiger partial charge is 0.307 e. The van der Waals surface area contributed by atoms with E-state index in [0.717, 1.165) is 17.9 Å². The van der Waals surface area contributed by atoms with E-state index >= 15 is 0 Å². The summed E-state index contributed by atoms with van der Waals surface area (Å²) in [6.07, 6.45) is 10.2. The molecule has 0 amide bonds. The van der Waals surface area contributed by atoms with Crippen LogP contribution in [0.4, 0.5) is 0 Å². The fourth-order valence-electron chi connectivity index (χ4n) is 4.25. The van der Waals surface area contributed by atoms with Gasteiger partial charge in [0.1, 0.15) is 0 Å². The first-order valence-electron chi connectivity index (χ1n) is 8.24. The molecule has 4 atom stereocenters. The zero-order valence-electron chi connectivity index (χ0n) is 12.4. The summed E-state index contributed by atoms with van der Waals surface area (Å²) in [7, 11) is 0. The lowest BCUT2D eigenvalue weighted by Gasteiger charge is -2.40. The highest BCUT2D eigenvalue weighted by molar-refractivity contribution is 9.10. The predicted molar refractivity (Wildman–Crippen MR) is 88.8 cm³/mol. The molecule has 0 radical (unpaired) electrons. The Bertz CT molecular complexity index is 445. The minimum atomic E-state index is 0.456. The molecule has 2 aliphatic carbocycles. The predicted octanol–water partition coefficient (Wildman–Crippen LogP) is 5.46. The molecule has 20 heavy (non-hydrogen) atoms. The monoisotopic (exact) mass is 335 g/mol. The molecule has 0 saturated heterocycles. The highest BCUT2D eigenvalue weighted by Gasteiger charge is 2.32. The van der Waals surface area contributed by atoms with E-state index in [4.69, 9.17) is 0 Å². The zero-order chi connectivity index (χ0) is 13.9. The van der Waals surface area contributed by atoms with E-state index in [0.29, 0.717) is 6.04 Å². The van der Waals surface area contributed by atoms with Crippen molar-refractivity contribution in [1.29, 1.82) is 0 Å². The molecule has 2 heteroatoms. The van der Waals surface area contributed by atoms with Crippen molar-refractivity contribution in [2.24, 2.45) is 11.8 Å². The average Bonchev–Trinajstić information content (AvgIpc) is 2.47. The zero-order valence-corrected chi connectivity index (χ0v) is 14.0. The van der Waals surface area contributed by atoms with E-state index in [-0.39, 0.29) is 0 Å². The Kier molecular flexibility index (Phi) is 4.83. The van der Waals surface area contributed by atoms with Crippen LogP contribution in [0.25, 0.3) is 0 Å². The topological polar surface area (TPSA) is 12.0 Å². The summed E-state index contributed by atoms with van der Waals surface area (Å²) < 4.78 is 1.18. The van der Waals surface area contributed by atoms with Gasteiger partial charge in [-0.2, -0.15) is 0 Å². The van der Waals surface area contributed by atoms with Crippen LogP contribution in [-0.4, -0.2) is 6.04 Å². The summed E-state index contributed by atoms with van der Waals surface area (Å²) in [6.45, 7) is 2.30. The van der Waals surface area contributed by atoms with Gasteiger partial charge in [0.15, 0.2) is 0 Å². The van der Waals surface area contributed by atoms with Crippen LogP contribution >= 0.6 is 15.9 Å². The number of benzene rings is 1. The third-order valence-electron chi connectivity index (χ3n) is 5.37. The molecule has 2 saturated carbocycles. The Balaban J connectivity index is 1.58. The molecule has 3 rings (SSSR count). The summed E-state index contributed by atoms with van der Waals surface area (Å²) in [5.74, 6) is 2.05. The van der Waals surface area contributed by atoms with Gasteiger partial charge in [0, 0.05) is 16.6 Å². The molecule has 110 valence electrons. The van der Waals surface area contributed by atoms with Gasteiger partial charge in [-0.15, -0.1) is 0 Å². The van der Waals surface area contributed by atoms with Crippen LogP contribution < -0.4 is 5.32 Å². The van der Waals surface area contributed by atoms with E-state index in [2.05, 4.69) is 52.4 Å². The molecule has 1 N–H and O–H groups in total. The lowest BCUT2D eigenvalue weighted by atomic mass is 9.69. The van der Waals surface area contributed by atoms with Crippen LogP contribution in [0.15, 0.2) is 28.7 Å². The fraction of sp³-hybridized carbons (Fsp3) is 0.667. The van der Waals surface area contributed by atoms with Crippen molar-refractivity contribution in [1.82, 2.24) is 5.32 Å². The molecule has 2 fully saturated rings. The highest BCUT2D eigenvalue weighted by atomic mass is 79.9. The second kappa shape index (κ2) is 6.62. The molecule has 3 unspecified atom stereocenters. The number of hydrogen-bond acceptors (Lipinski definition) is 1. The number of rotatable bonds is 3. The Morgan fingerprint density at radius 2 is 1.90 bits per heavy atom. The molecular weight excluding hydrogens is 310 g/mol. The average molecular weight is 336 g/mol. The molecule has 0 spiro atoms. The number of fused-ring (bicyclic) bond motifs is 1. The minimum Gasteiger partial charge on any atom is -0.307 e. The first kappa shape index (κ1) is 14.6. The number of hydrogen-bond donors (Lipinski definition) is 1. The maximum Gasteiger partial charge on any atom is 0.0294 e. The summed E-state index contributed by atoms with van der Waals surface area (Å²) in [5, 5.41) is 3.87. The summed E-state index contributed by atoms with van der Waals surface area (Å²) in [4.78, 5) is 0. The van der Waals surface area contributed by atoms with Crippen molar-refractivity contribution >= 4 is 15.9 Å². The van der Waals surface area contributed by atoms with Crippen molar-refractivity contribution in [3.8, 4) is 0 Å². The molecule has 0 aromatic heterocycles.